The Balaban J connectivity index is 0.00000256. The number of nitrogens with zero attached hydrogens (tertiary/aromatic N) is 2. The first kappa shape index (κ1) is 21.3. The molecule has 1 unspecified atom stereocenters. The molecule has 2 aromatic carbocycles. The molecule has 0 spiro atoms. The minimum absolute atomic E-state index is 0. The highest BCUT2D eigenvalue weighted by atomic mass is 35.5. The summed E-state index contributed by atoms with van der Waals surface area (Å²) in [5.41, 5.74) is 4.89. The monoisotopic (exact) mass is 424 g/mol. The van der Waals surface area contributed by atoms with Gasteiger partial charge in [-0.3, -0.25) is 9.88 Å². The third-order valence-corrected chi connectivity index (χ3v) is 5.25. The van der Waals surface area contributed by atoms with Crippen LogP contribution in [0, 0.1) is 0 Å². The number of ether oxygens (including phenoxy) is 1. The molecule has 1 aromatic heterocycles. The number of benzene rings is 2. The second-order valence-electron chi connectivity index (χ2n) is 6.94. The summed E-state index contributed by atoms with van der Waals surface area (Å²) >= 11 is 0. The van der Waals surface area contributed by atoms with E-state index in [4.69, 9.17) is 4.74 Å². The van der Waals surface area contributed by atoms with Gasteiger partial charge in [-0.05, 0) is 28.3 Å². The van der Waals surface area contributed by atoms with Gasteiger partial charge >= 0.3 is 12.1 Å². The number of rotatable bonds is 5. The maximum absolute atomic E-state index is 12.7. The molecule has 4 rings (SSSR count). The SMILES string of the molecule is CN(C(=O)OCC1c2ccccc2-c2ccccc21)C(C(=O)O)c1cccnc1.Cl. The first-order valence-corrected chi connectivity index (χ1v) is 9.28. The molecule has 1 N–H and O–H groups in total. The fraction of sp³-hybridized carbons (Fsp3) is 0.174. The van der Waals surface area contributed by atoms with Crippen LogP contribution in [0.25, 0.3) is 11.1 Å². The molecular formula is C23H21ClN2O4. The van der Waals surface area contributed by atoms with Crippen molar-refractivity contribution in [2.45, 2.75) is 12.0 Å². The standard InChI is InChI=1S/C23H20N2O4.ClH/c1-25(21(22(26)27)15-7-6-12-24-13-15)23(28)29-14-20-18-10-4-2-8-16(18)17-9-3-5-11-19(17)20;/h2-13,20-21H,14H2,1H3,(H,26,27);1H. The van der Waals surface area contributed by atoms with Gasteiger partial charge < -0.3 is 9.84 Å². The molecule has 0 saturated heterocycles. The van der Waals surface area contributed by atoms with E-state index in [1.807, 2.05) is 36.4 Å². The van der Waals surface area contributed by atoms with Crippen LogP contribution in [0.5, 0.6) is 0 Å². The average molecular weight is 425 g/mol. The fourth-order valence-corrected chi connectivity index (χ4v) is 3.87. The van der Waals surface area contributed by atoms with Crippen LogP contribution in [0.3, 0.4) is 0 Å². The fourth-order valence-electron chi connectivity index (χ4n) is 3.87. The summed E-state index contributed by atoms with van der Waals surface area (Å²) in [4.78, 5) is 29.5. The lowest BCUT2D eigenvalue weighted by molar-refractivity contribution is -0.142. The number of aliphatic carboxylic acids is 1. The molecule has 6 nitrogen and oxygen atoms in total. The minimum Gasteiger partial charge on any atom is -0.479 e. The third-order valence-electron chi connectivity index (χ3n) is 5.25. The molecule has 1 aliphatic rings. The average Bonchev–Trinajstić information content (AvgIpc) is 3.06. The van der Waals surface area contributed by atoms with Gasteiger partial charge in [-0.15, -0.1) is 12.4 Å². The van der Waals surface area contributed by atoms with Gasteiger partial charge in [0.2, 0.25) is 0 Å². The summed E-state index contributed by atoms with van der Waals surface area (Å²) in [5.74, 6) is -1.23. The van der Waals surface area contributed by atoms with Gasteiger partial charge in [-0.25, -0.2) is 9.59 Å². The van der Waals surface area contributed by atoms with Gasteiger partial charge in [0, 0.05) is 30.9 Å². The number of aromatic nitrogens is 1. The molecule has 1 aliphatic carbocycles. The Morgan fingerprint density at radius 1 is 1.03 bits per heavy atom. The number of carbonyl (C=O) groups excluding carboxylic acids is 1. The van der Waals surface area contributed by atoms with E-state index >= 15 is 0 Å². The zero-order valence-corrected chi connectivity index (χ0v) is 17.1. The number of fused-ring (bicyclic) bond motifs is 3. The van der Waals surface area contributed by atoms with E-state index in [0.29, 0.717) is 5.56 Å². The molecule has 3 aromatic rings. The topological polar surface area (TPSA) is 79.7 Å². The van der Waals surface area contributed by atoms with Crippen molar-refractivity contribution >= 4 is 24.5 Å². The van der Waals surface area contributed by atoms with E-state index < -0.39 is 18.1 Å². The van der Waals surface area contributed by atoms with Crippen molar-refractivity contribution in [1.29, 1.82) is 0 Å². The molecule has 7 heteroatoms. The van der Waals surface area contributed by atoms with Crippen molar-refractivity contribution in [2.75, 3.05) is 13.7 Å². The summed E-state index contributed by atoms with van der Waals surface area (Å²) in [5, 5.41) is 9.61. The number of pyridine rings is 1. The van der Waals surface area contributed by atoms with Gasteiger partial charge in [0.25, 0.3) is 0 Å². The van der Waals surface area contributed by atoms with Crippen LogP contribution in [0.1, 0.15) is 28.7 Å². The Bertz CT molecular complexity index is 1010. The van der Waals surface area contributed by atoms with Crippen LogP contribution >= 0.6 is 12.4 Å². The van der Waals surface area contributed by atoms with Gasteiger partial charge in [-0.2, -0.15) is 0 Å². The number of carbonyl (C=O) groups is 2. The van der Waals surface area contributed by atoms with Gasteiger partial charge in [0.05, 0.1) is 0 Å². The van der Waals surface area contributed by atoms with E-state index in [-0.39, 0.29) is 24.9 Å². The highest BCUT2D eigenvalue weighted by Gasteiger charge is 2.32. The minimum atomic E-state index is -1.17. The molecule has 154 valence electrons. The number of hydrogen-bond acceptors (Lipinski definition) is 4. The number of amides is 1. The summed E-state index contributed by atoms with van der Waals surface area (Å²) < 4.78 is 5.56. The van der Waals surface area contributed by atoms with Crippen molar-refractivity contribution in [2.24, 2.45) is 0 Å². The molecule has 0 radical (unpaired) electrons. The Kier molecular flexibility index (Phi) is 6.37. The summed E-state index contributed by atoms with van der Waals surface area (Å²) in [6.07, 6.45) is 2.30. The van der Waals surface area contributed by atoms with Crippen molar-refractivity contribution in [3.05, 3.63) is 89.7 Å². The lowest BCUT2D eigenvalue weighted by Crippen LogP contribution is -2.36. The molecule has 1 amide bonds. The Morgan fingerprint density at radius 2 is 1.63 bits per heavy atom. The molecule has 0 bridgehead atoms. The normalized spacial score (nSPS) is 12.8. The zero-order chi connectivity index (χ0) is 20.4. The number of carboxylic acids is 1. The van der Waals surface area contributed by atoms with E-state index in [2.05, 4.69) is 17.1 Å². The van der Waals surface area contributed by atoms with Crippen LogP contribution in [0.15, 0.2) is 73.1 Å². The molecule has 0 fully saturated rings. The number of hydrogen-bond donors (Lipinski definition) is 1. The highest BCUT2D eigenvalue weighted by Crippen LogP contribution is 2.44. The summed E-state index contributed by atoms with van der Waals surface area (Å²) in [6.45, 7) is 0.135. The van der Waals surface area contributed by atoms with E-state index in [9.17, 15) is 14.7 Å². The first-order chi connectivity index (χ1) is 14.1. The molecule has 1 atom stereocenters. The first-order valence-electron chi connectivity index (χ1n) is 9.28. The predicted molar refractivity (Wildman–Crippen MR) is 115 cm³/mol. The smallest absolute Gasteiger partial charge is 0.410 e. The molecule has 0 saturated carbocycles. The van der Waals surface area contributed by atoms with Crippen molar-refractivity contribution in [1.82, 2.24) is 9.88 Å². The van der Waals surface area contributed by atoms with Crippen LogP contribution in [-0.4, -0.2) is 40.7 Å². The van der Waals surface area contributed by atoms with E-state index in [1.165, 1.54) is 13.2 Å². The molecular weight excluding hydrogens is 404 g/mol. The quantitative estimate of drug-likeness (QED) is 0.651. The van der Waals surface area contributed by atoms with Crippen molar-refractivity contribution in [3.63, 3.8) is 0 Å². The number of carboxylic acid groups (broad SMARTS) is 1. The zero-order valence-electron chi connectivity index (χ0n) is 16.3. The van der Waals surface area contributed by atoms with Gasteiger partial charge in [-0.1, -0.05) is 54.6 Å². The lowest BCUT2D eigenvalue weighted by Gasteiger charge is -2.25. The summed E-state index contributed by atoms with van der Waals surface area (Å²) in [6, 6.07) is 18.2. The Labute approximate surface area is 180 Å². The maximum atomic E-state index is 12.7. The van der Waals surface area contributed by atoms with E-state index in [0.717, 1.165) is 27.2 Å². The Hall–Kier alpha value is -3.38. The summed E-state index contributed by atoms with van der Waals surface area (Å²) in [7, 11) is 1.42. The lowest BCUT2D eigenvalue weighted by atomic mass is 9.98. The second-order valence-corrected chi connectivity index (χ2v) is 6.94. The van der Waals surface area contributed by atoms with Gasteiger partial charge in [0.1, 0.15) is 6.61 Å². The maximum Gasteiger partial charge on any atom is 0.410 e. The van der Waals surface area contributed by atoms with Crippen LogP contribution < -0.4 is 0 Å². The number of likely N-dealkylation sites (N-methyl/N-ethyl adjacent to an activating group) is 1. The molecule has 1 heterocycles. The van der Waals surface area contributed by atoms with Crippen LogP contribution in [-0.2, 0) is 9.53 Å². The molecule has 30 heavy (non-hydrogen) atoms. The van der Waals surface area contributed by atoms with E-state index in [1.54, 1.807) is 18.3 Å². The second kappa shape index (κ2) is 8.97. The Morgan fingerprint density at radius 3 is 2.17 bits per heavy atom. The predicted octanol–water partition coefficient (Wildman–Crippen LogP) is 4.51. The largest absolute Gasteiger partial charge is 0.479 e. The number of halogens is 1. The van der Waals surface area contributed by atoms with Crippen LogP contribution in [0.4, 0.5) is 4.79 Å². The highest BCUT2D eigenvalue weighted by molar-refractivity contribution is 5.85. The van der Waals surface area contributed by atoms with Crippen molar-refractivity contribution < 1.29 is 19.4 Å². The van der Waals surface area contributed by atoms with Crippen molar-refractivity contribution in [3.8, 4) is 11.1 Å². The third kappa shape index (κ3) is 3.86. The van der Waals surface area contributed by atoms with Crippen LogP contribution in [0.2, 0.25) is 0 Å². The molecule has 0 aliphatic heterocycles. The van der Waals surface area contributed by atoms with Gasteiger partial charge in [0.15, 0.2) is 6.04 Å².